The van der Waals surface area contributed by atoms with Crippen molar-refractivity contribution in [3.05, 3.63) is 69.8 Å². The predicted molar refractivity (Wildman–Crippen MR) is 88.9 cm³/mol. The molecule has 1 amide bonds. The average molecular weight is 312 g/mol. The summed E-state index contributed by atoms with van der Waals surface area (Å²) in [4.78, 5) is 23.9. The first-order valence-electron chi connectivity index (χ1n) is 6.82. The molecule has 0 aliphatic carbocycles. The summed E-state index contributed by atoms with van der Waals surface area (Å²) in [5.41, 5.74) is 4.54. The molecule has 0 unspecified atom stereocenters. The van der Waals surface area contributed by atoms with E-state index in [1.165, 1.54) is 30.5 Å². The van der Waals surface area contributed by atoms with Crippen LogP contribution in [0.25, 0.3) is 0 Å². The Bertz CT molecular complexity index is 722. The molecule has 0 spiro atoms. The van der Waals surface area contributed by atoms with Crippen LogP contribution in [-0.4, -0.2) is 31.1 Å². The number of amides is 1. The Morgan fingerprint density at radius 3 is 2.26 bits per heavy atom. The van der Waals surface area contributed by atoms with Gasteiger partial charge >= 0.3 is 0 Å². The third-order valence-electron chi connectivity index (χ3n) is 3.13. The number of rotatable bonds is 5. The predicted octanol–water partition coefficient (Wildman–Crippen LogP) is 2.42. The Kier molecular flexibility index (Phi) is 5.03. The number of hydrogen-bond acceptors (Lipinski definition) is 5. The van der Waals surface area contributed by atoms with E-state index >= 15 is 0 Å². The van der Waals surface area contributed by atoms with Crippen molar-refractivity contribution in [2.45, 2.75) is 0 Å². The number of carbonyl (C=O) groups is 1. The van der Waals surface area contributed by atoms with Crippen LogP contribution in [0.1, 0.15) is 15.9 Å². The second-order valence-corrected chi connectivity index (χ2v) is 4.99. The van der Waals surface area contributed by atoms with Crippen molar-refractivity contribution in [1.29, 1.82) is 0 Å². The van der Waals surface area contributed by atoms with E-state index in [2.05, 4.69) is 10.5 Å². The van der Waals surface area contributed by atoms with Crippen molar-refractivity contribution in [2.75, 3.05) is 19.0 Å². The van der Waals surface area contributed by atoms with Gasteiger partial charge in [-0.3, -0.25) is 14.9 Å². The molecule has 7 heteroatoms. The van der Waals surface area contributed by atoms with E-state index < -0.39 is 10.8 Å². The summed E-state index contributed by atoms with van der Waals surface area (Å²) in [5, 5.41) is 14.4. The molecule has 0 bridgehead atoms. The zero-order valence-electron chi connectivity index (χ0n) is 12.8. The van der Waals surface area contributed by atoms with Crippen molar-refractivity contribution in [3.8, 4) is 0 Å². The minimum atomic E-state index is -0.517. The molecule has 0 fully saturated rings. The molecule has 0 radical (unpaired) electrons. The van der Waals surface area contributed by atoms with E-state index in [1.54, 1.807) is 0 Å². The summed E-state index contributed by atoms with van der Waals surface area (Å²) < 4.78 is 0. The second kappa shape index (κ2) is 7.17. The van der Waals surface area contributed by atoms with Crippen LogP contribution in [0.3, 0.4) is 0 Å². The maximum absolute atomic E-state index is 11.9. The van der Waals surface area contributed by atoms with Crippen LogP contribution in [-0.2, 0) is 0 Å². The zero-order valence-corrected chi connectivity index (χ0v) is 12.8. The third kappa shape index (κ3) is 4.37. The summed E-state index contributed by atoms with van der Waals surface area (Å²) in [6.45, 7) is 0. The number of benzene rings is 2. The molecule has 0 saturated carbocycles. The largest absolute Gasteiger partial charge is 0.378 e. The maximum Gasteiger partial charge on any atom is 0.271 e. The first-order chi connectivity index (χ1) is 11.0. The normalized spacial score (nSPS) is 10.5. The van der Waals surface area contributed by atoms with Gasteiger partial charge in [0.25, 0.3) is 11.6 Å². The lowest BCUT2D eigenvalue weighted by Crippen LogP contribution is -2.17. The van der Waals surface area contributed by atoms with Crippen molar-refractivity contribution >= 4 is 23.5 Å². The number of nitrogens with zero attached hydrogens (tertiary/aromatic N) is 3. The molecule has 0 aliphatic rings. The smallest absolute Gasteiger partial charge is 0.271 e. The molecule has 23 heavy (non-hydrogen) atoms. The van der Waals surface area contributed by atoms with Gasteiger partial charge in [0, 0.05) is 37.5 Å². The third-order valence-corrected chi connectivity index (χ3v) is 3.13. The van der Waals surface area contributed by atoms with Crippen LogP contribution >= 0.6 is 0 Å². The van der Waals surface area contributed by atoms with Crippen LogP contribution in [0.15, 0.2) is 53.6 Å². The van der Waals surface area contributed by atoms with E-state index in [1.807, 2.05) is 43.3 Å². The van der Waals surface area contributed by atoms with Crippen LogP contribution in [0.4, 0.5) is 11.4 Å². The lowest BCUT2D eigenvalue weighted by Gasteiger charge is -2.11. The number of nitrogens with one attached hydrogen (secondary N) is 1. The van der Waals surface area contributed by atoms with E-state index in [-0.39, 0.29) is 5.69 Å². The summed E-state index contributed by atoms with van der Waals surface area (Å²) in [6.07, 6.45) is 1.53. The van der Waals surface area contributed by atoms with Gasteiger partial charge in [0.2, 0.25) is 0 Å². The molecule has 2 rings (SSSR count). The Balaban J connectivity index is 1.96. The zero-order chi connectivity index (χ0) is 16.8. The quantitative estimate of drug-likeness (QED) is 0.522. The van der Waals surface area contributed by atoms with Gasteiger partial charge in [-0.25, -0.2) is 5.43 Å². The number of anilines is 1. The summed E-state index contributed by atoms with van der Waals surface area (Å²) in [7, 11) is 3.90. The topological polar surface area (TPSA) is 87.8 Å². The minimum absolute atomic E-state index is 0.0639. The van der Waals surface area contributed by atoms with Crippen molar-refractivity contribution in [3.63, 3.8) is 0 Å². The van der Waals surface area contributed by atoms with Crippen molar-refractivity contribution in [2.24, 2.45) is 5.10 Å². The number of hydrazone groups is 1. The van der Waals surface area contributed by atoms with Crippen LogP contribution in [0.2, 0.25) is 0 Å². The second-order valence-electron chi connectivity index (χ2n) is 4.99. The molecule has 0 heterocycles. The number of hydrogen-bond donors (Lipinski definition) is 1. The molecule has 7 nitrogen and oxygen atoms in total. The Morgan fingerprint density at radius 1 is 1.13 bits per heavy atom. The first kappa shape index (κ1) is 16.2. The van der Waals surface area contributed by atoms with E-state index in [4.69, 9.17) is 0 Å². The molecule has 0 aliphatic heterocycles. The number of non-ortho nitro benzene ring substituents is 1. The van der Waals surface area contributed by atoms with Gasteiger partial charge < -0.3 is 4.90 Å². The summed E-state index contributed by atoms with van der Waals surface area (Å²) >= 11 is 0. The lowest BCUT2D eigenvalue weighted by atomic mass is 10.2. The Labute approximate surface area is 133 Å². The molecule has 0 aromatic heterocycles. The molecule has 2 aromatic rings. The van der Waals surface area contributed by atoms with E-state index in [0.29, 0.717) is 5.56 Å². The van der Waals surface area contributed by atoms with Gasteiger partial charge in [-0.2, -0.15) is 5.10 Å². The molecule has 1 N–H and O–H groups in total. The van der Waals surface area contributed by atoms with Crippen LogP contribution in [0, 0.1) is 10.1 Å². The Morgan fingerprint density at radius 2 is 1.74 bits per heavy atom. The summed E-state index contributed by atoms with van der Waals surface area (Å²) in [6, 6.07) is 13.0. The number of nitro benzene ring substituents is 1. The highest BCUT2D eigenvalue weighted by atomic mass is 16.6. The van der Waals surface area contributed by atoms with Gasteiger partial charge in [0.15, 0.2) is 0 Å². The number of carbonyl (C=O) groups excluding carboxylic acids is 1. The highest BCUT2D eigenvalue weighted by Crippen LogP contribution is 2.12. The fourth-order valence-corrected chi connectivity index (χ4v) is 1.82. The summed E-state index contributed by atoms with van der Waals surface area (Å²) in [5.74, 6) is -0.430. The van der Waals surface area contributed by atoms with Crippen LogP contribution in [0.5, 0.6) is 0 Å². The lowest BCUT2D eigenvalue weighted by molar-refractivity contribution is -0.384. The molecule has 0 atom stereocenters. The van der Waals surface area contributed by atoms with Gasteiger partial charge in [-0.1, -0.05) is 12.1 Å². The van der Waals surface area contributed by atoms with Gasteiger partial charge in [-0.05, 0) is 29.8 Å². The SMILES string of the molecule is CN(C)c1ccc(C=NNC(=O)c2ccc([N+](=O)[O-])cc2)cc1. The van der Waals surface area contributed by atoms with E-state index in [9.17, 15) is 14.9 Å². The molecular weight excluding hydrogens is 296 g/mol. The van der Waals surface area contributed by atoms with Crippen molar-refractivity contribution in [1.82, 2.24) is 5.43 Å². The minimum Gasteiger partial charge on any atom is -0.378 e. The highest BCUT2D eigenvalue weighted by molar-refractivity contribution is 5.95. The molecular formula is C16H16N4O3. The van der Waals surface area contributed by atoms with E-state index in [0.717, 1.165) is 11.3 Å². The molecule has 2 aromatic carbocycles. The Hall–Kier alpha value is -3.22. The first-order valence-corrected chi connectivity index (χ1v) is 6.82. The molecule has 0 saturated heterocycles. The van der Waals surface area contributed by atoms with Crippen LogP contribution < -0.4 is 10.3 Å². The highest BCUT2D eigenvalue weighted by Gasteiger charge is 2.08. The van der Waals surface area contributed by atoms with Gasteiger partial charge in [-0.15, -0.1) is 0 Å². The fraction of sp³-hybridized carbons (Fsp3) is 0.125. The average Bonchev–Trinajstić information content (AvgIpc) is 2.55. The monoisotopic (exact) mass is 312 g/mol. The van der Waals surface area contributed by atoms with Gasteiger partial charge in [0.1, 0.15) is 0 Å². The maximum atomic E-state index is 11.9. The number of nitro groups is 1. The standard InChI is InChI=1S/C16H16N4O3/c1-19(2)14-7-3-12(4-8-14)11-17-18-16(21)13-5-9-15(10-6-13)20(22)23/h3-11H,1-2H3,(H,18,21). The van der Waals surface area contributed by atoms with Gasteiger partial charge in [0.05, 0.1) is 11.1 Å². The molecule has 118 valence electrons. The fourth-order valence-electron chi connectivity index (χ4n) is 1.82. The van der Waals surface area contributed by atoms with Crippen molar-refractivity contribution < 1.29 is 9.72 Å².